The maximum atomic E-state index is 4.47. The van der Waals surface area contributed by atoms with Crippen LogP contribution in [0.25, 0.3) is 0 Å². The van der Waals surface area contributed by atoms with Crippen LogP contribution in [-0.2, 0) is 0 Å². The van der Waals surface area contributed by atoms with Crippen LogP contribution in [0.15, 0.2) is 27.8 Å². The van der Waals surface area contributed by atoms with Gasteiger partial charge in [-0.3, -0.25) is 9.98 Å². The molecule has 0 aromatic carbocycles. The van der Waals surface area contributed by atoms with Crippen LogP contribution in [0.1, 0.15) is 20.8 Å². The monoisotopic (exact) mass is 263 g/mol. The molecule has 5 heteroatoms. The predicted octanol–water partition coefficient (Wildman–Crippen LogP) is 1.58. The molecule has 106 valence electrons. The SMILES string of the molecule is C=C/N=C(\C)N(CC)/C(=N\C)C1C=NCC(C)NC1. The lowest BCUT2D eigenvalue weighted by Crippen LogP contribution is -2.44. The van der Waals surface area contributed by atoms with Gasteiger partial charge in [-0.1, -0.05) is 6.58 Å². The molecule has 0 amide bonds. The van der Waals surface area contributed by atoms with Gasteiger partial charge in [-0.15, -0.1) is 0 Å². The van der Waals surface area contributed by atoms with Gasteiger partial charge in [-0.2, -0.15) is 0 Å². The lowest BCUT2D eigenvalue weighted by molar-refractivity contribution is 0.542. The molecule has 0 fully saturated rings. The first kappa shape index (κ1) is 15.6. The molecule has 1 aliphatic heterocycles. The van der Waals surface area contributed by atoms with Gasteiger partial charge in [0.25, 0.3) is 0 Å². The zero-order valence-corrected chi connectivity index (χ0v) is 12.4. The number of rotatable bonds is 3. The summed E-state index contributed by atoms with van der Waals surface area (Å²) in [5.41, 5.74) is 0. The smallest absolute Gasteiger partial charge is 0.114 e. The first-order chi connectivity index (χ1) is 9.13. The van der Waals surface area contributed by atoms with Crippen molar-refractivity contribution in [2.45, 2.75) is 26.8 Å². The summed E-state index contributed by atoms with van der Waals surface area (Å²) in [4.78, 5) is 15.3. The van der Waals surface area contributed by atoms with Crippen LogP contribution in [0.4, 0.5) is 0 Å². The molecular weight excluding hydrogens is 238 g/mol. The molecule has 0 aliphatic carbocycles. The number of hydrogen-bond acceptors (Lipinski definition) is 4. The average Bonchev–Trinajstić information content (AvgIpc) is 2.61. The third kappa shape index (κ3) is 4.28. The van der Waals surface area contributed by atoms with Crippen molar-refractivity contribution in [2.75, 3.05) is 26.7 Å². The molecule has 2 unspecified atom stereocenters. The second-order valence-corrected chi connectivity index (χ2v) is 4.61. The topological polar surface area (TPSA) is 52.4 Å². The first-order valence-electron chi connectivity index (χ1n) is 6.76. The van der Waals surface area contributed by atoms with Gasteiger partial charge in [0.15, 0.2) is 0 Å². The van der Waals surface area contributed by atoms with Crippen molar-refractivity contribution in [3.63, 3.8) is 0 Å². The number of nitrogens with zero attached hydrogens (tertiary/aromatic N) is 4. The molecule has 19 heavy (non-hydrogen) atoms. The fourth-order valence-corrected chi connectivity index (χ4v) is 2.19. The van der Waals surface area contributed by atoms with E-state index in [1.807, 2.05) is 20.2 Å². The summed E-state index contributed by atoms with van der Waals surface area (Å²) in [6, 6.07) is 0.414. The highest BCUT2D eigenvalue weighted by Crippen LogP contribution is 2.08. The first-order valence-corrected chi connectivity index (χ1v) is 6.76. The maximum Gasteiger partial charge on any atom is 0.114 e. The summed E-state index contributed by atoms with van der Waals surface area (Å²) in [6.07, 6.45) is 3.56. The van der Waals surface area contributed by atoms with Gasteiger partial charge in [-0.25, -0.2) is 4.99 Å². The van der Waals surface area contributed by atoms with E-state index in [1.165, 1.54) is 0 Å². The molecule has 2 atom stereocenters. The minimum absolute atomic E-state index is 0.185. The second-order valence-electron chi connectivity index (χ2n) is 4.61. The molecule has 1 rings (SSSR count). The van der Waals surface area contributed by atoms with E-state index in [2.05, 4.69) is 45.6 Å². The van der Waals surface area contributed by atoms with Crippen molar-refractivity contribution >= 4 is 17.9 Å². The van der Waals surface area contributed by atoms with Crippen molar-refractivity contribution < 1.29 is 0 Å². The average molecular weight is 263 g/mol. The van der Waals surface area contributed by atoms with Crippen molar-refractivity contribution in [2.24, 2.45) is 20.9 Å². The number of amidine groups is 2. The molecule has 0 spiro atoms. The van der Waals surface area contributed by atoms with Crippen LogP contribution in [0.5, 0.6) is 0 Å². The Hall–Kier alpha value is -1.49. The molecule has 0 bridgehead atoms. The van der Waals surface area contributed by atoms with Gasteiger partial charge in [0.05, 0.1) is 12.5 Å². The molecule has 5 nitrogen and oxygen atoms in total. The molecule has 0 saturated carbocycles. The van der Waals surface area contributed by atoms with Crippen molar-refractivity contribution in [1.29, 1.82) is 0 Å². The highest BCUT2D eigenvalue weighted by Gasteiger charge is 2.22. The van der Waals surface area contributed by atoms with Gasteiger partial charge < -0.3 is 10.2 Å². The molecular formula is C14H25N5. The van der Waals surface area contributed by atoms with Crippen LogP contribution < -0.4 is 5.32 Å². The van der Waals surface area contributed by atoms with Gasteiger partial charge in [0.2, 0.25) is 0 Å². The van der Waals surface area contributed by atoms with E-state index in [9.17, 15) is 0 Å². The minimum Gasteiger partial charge on any atom is -0.318 e. The third-order valence-corrected chi connectivity index (χ3v) is 3.17. The lowest BCUT2D eigenvalue weighted by atomic mass is 10.1. The summed E-state index contributed by atoms with van der Waals surface area (Å²) in [7, 11) is 1.82. The van der Waals surface area contributed by atoms with Gasteiger partial charge in [0, 0.05) is 38.6 Å². The highest BCUT2D eigenvalue weighted by atomic mass is 15.2. The summed E-state index contributed by atoms with van der Waals surface area (Å²) < 4.78 is 0. The number of hydrogen-bond donors (Lipinski definition) is 1. The Bertz CT molecular complexity index is 383. The van der Waals surface area contributed by atoms with Gasteiger partial charge in [-0.05, 0) is 20.8 Å². The lowest BCUT2D eigenvalue weighted by Gasteiger charge is -2.28. The van der Waals surface area contributed by atoms with Crippen molar-refractivity contribution in [3.05, 3.63) is 12.8 Å². The Morgan fingerprint density at radius 1 is 1.63 bits per heavy atom. The zero-order chi connectivity index (χ0) is 14.3. The van der Waals surface area contributed by atoms with Crippen LogP contribution in [0.2, 0.25) is 0 Å². The Labute approximate surface area is 116 Å². The van der Waals surface area contributed by atoms with E-state index in [1.54, 1.807) is 6.20 Å². The fourth-order valence-electron chi connectivity index (χ4n) is 2.19. The Morgan fingerprint density at radius 2 is 2.37 bits per heavy atom. The molecule has 0 radical (unpaired) electrons. The summed E-state index contributed by atoms with van der Waals surface area (Å²) >= 11 is 0. The highest BCUT2D eigenvalue weighted by molar-refractivity contribution is 6.06. The molecule has 1 aliphatic rings. The zero-order valence-electron chi connectivity index (χ0n) is 12.4. The van der Waals surface area contributed by atoms with Crippen LogP contribution in [0, 0.1) is 5.92 Å². The number of aliphatic imine (C=N–C) groups is 3. The van der Waals surface area contributed by atoms with Gasteiger partial charge >= 0.3 is 0 Å². The molecule has 0 saturated heterocycles. The summed E-state index contributed by atoms with van der Waals surface area (Å²) in [6.45, 7) is 12.4. The van der Waals surface area contributed by atoms with Crippen molar-refractivity contribution in [1.82, 2.24) is 10.2 Å². The van der Waals surface area contributed by atoms with Gasteiger partial charge in [0.1, 0.15) is 11.7 Å². The van der Waals surface area contributed by atoms with E-state index >= 15 is 0 Å². The quantitative estimate of drug-likeness (QED) is 0.621. The largest absolute Gasteiger partial charge is 0.318 e. The van der Waals surface area contributed by atoms with E-state index in [0.717, 1.165) is 31.3 Å². The van der Waals surface area contributed by atoms with E-state index in [4.69, 9.17) is 0 Å². The normalized spacial score (nSPS) is 25.1. The minimum atomic E-state index is 0.185. The van der Waals surface area contributed by atoms with E-state index < -0.39 is 0 Å². The summed E-state index contributed by atoms with van der Waals surface area (Å²) in [5, 5.41) is 3.47. The van der Waals surface area contributed by atoms with Crippen LogP contribution >= 0.6 is 0 Å². The Kier molecular flexibility index (Phi) is 6.42. The standard InChI is InChI=1S/C14H25N5/c1-6-17-12(4)19(7-2)14(15-5)13-9-16-8-11(3)18-10-13/h6,9,11,13,18H,1,7-8,10H2,2-5H3/b15-14-,17-12+. The van der Waals surface area contributed by atoms with Crippen LogP contribution in [-0.4, -0.2) is 55.5 Å². The summed E-state index contributed by atoms with van der Waals surface area (Å²) in [5.74, 6) is 2.09. The Balaban J connectivity index is 2.92. The molecule has 1 heterocycles. The van der Waals surface area contributed by atoms with E-state index in [0.29, 0.717) is 6.04 Å². The van der Waals surface area contributed by atoms with E-state index in [-0.39, 0.29) is 5.92 Å². The van der Waals surface area contributed by atoms with Crippen molar-refractivity contribution in [3.8, 4) is 0 Å². The molecule has 0 aromatic heterocycles. The third-order valence-electron chi connectivity index (χ3n) is 3.17. The van der Waals surface area contributed by atoms with Crippen LogP contribution in [0.3, 0.4) is 0 Å². The molecule has 0 aromatic rings. The maximum absolute atomic E-state index is 4.47. The fraction of sp³-hybridized carbons (Fsp3) is 0.643. The number of nitrogens with one attached hydrogen (secondary N) is 1. The Morgan fingerprint density at radius 3 is 2.95 bits per heavy atom. The molecule has 1 N–H and O–H groups in total. The second kappa shape index (κ2) is 7.84. The predicted molar refractivity (Wildman–Crippen MR) is 83.4 cm³/mol.